The van der Waals surface area contributed by atoms with Gasteiger partial charge in [-0.3, -0.25) is 9.36 Å². The van der Waals surface area contributed by atoms with E-state index >= 15 is 0 Å². The lowest BCUT2D eigenvalue weighted by atomic mass is 9.92. The minimum Gasteiger partial charge on any atom is -0.489 e. The van der Waals surface area contributed by atoms with Crippen LogP contribution in [0.3, 0.4) is 0 Å². The van der Waals surface area contributed by atoms with Gasteiger partial charge in [-0.05, 0) is 30.7 Å². The van der Waals surface area contributed by atoms with Crippen LogP contribution in [0.25, 0.3) is 5.69 Å². The summed E-state index contributed by atoms with van der Waals surface area (Å²) in [5, 5.41) is 11.4. The number of pyridine rings is 2. The van der Waals surface area contributed by atoms with E-state index in [0.717, 1.165) is 11.4 Å². The number of rotatable bonds is 6. The zero-order chi connectivity index (χ0) is 21.1. The summed E-state index contributed by atoms with van der Waals surface area (Å²) < 4.78 is 7.20. The number of hydrogen-bond donors (Lipinski definition) is 2. The average molecular weight is 406 g/mol. The molecule has 2 aromatic heterocycles. The molecule has 0 aliphatic carbocycles. The molecule has 4 rings (SSSR count). The van der Waals surface area contributed by atoms with E-state index in [2.05, 4.69) is 10.3 Å². The fourth-order valence-electron chi connectivity index (χ4n) is 3.51. The molecule has 8 heteroatoms. The number of aromatic nitrogens is 2. The lowest BCUT2D eigenvalue weighted by molar-refractivity contribution is 0.172. The lowest BCUT2D eigenvalue weighted by Gasteiger charge is -2.48. The fraction of sp³-hybridized carbons (Fsp3) is 0.227. The highest BCUT2D eigenvalue weighted by Gasteiger charge is 2.40. The van der Waals surface area contributed by atoms with Gasteiger partial charge in [-0.2, -0.15) is 0 Å². The van der Waals surface area contributed by atoms with Crippen LogP contribution in [-0.4, -0.2) is 39.4 Å². The van der Waals surface area contributed by atoms with Crippen LogP contribution < -0.4 is 20.5 Å². The summed E-state index contributed by atoms with van der Waals surface area (Å²) >= 11 is 0. The predicted molar refractivity (Wildman–Crippen MR) is 112 cm³/mol. The summed E-state index contributed by atoms with van der Waals surface area (Å²) in [6.07, 6.45) is 2.26. The summed E-state index contributed by atoms with van der Waals surface area (Å²) in [5.74, 6) is 1.25. The number of ether oxygens (including phenoxy) is 1. The highest BCUT2D eigenvalue weighted by Crippen LogP contribution is 2.26. The molecule has 0 spiro atoms. The number of nitrogens with zero attached hydrogens (tertiary/aromatic N) is 3. The first-order valence-electron chi connectivity index (χ1n) is 9.54. The normalized spacial score (nSPS) is 14.6. The van der Waals surface area contributed by atoms with Crippen LogP contribution in [0.15, 0.2) is 71.8 Å². The predicted octanol–water partition coefficient (Wildman–Crippen LogP) is 2.66. The Bertz CT molecular complexity index is 1090. The first-order valence-corrected chi connectivity index (χ1v) is 9.54. The Labute approximate surface area is 173 Å². The molecule has 0 saturated carbocycles. The molecule has 1 aliphatic heterocycles. The quantitative estimate of drug-likeness (QED) is 0.653. The van der Waals surface area contributed by atoms with Crippen molar-refractivity contribution in [2.45, 2.75) is 19.1 Å². The van der Waals surface area contributed by atoms with E-state index in [1.807, 2.05) is 54.3 Å². The summed E-state index contributed by atoms with van der Waals surface area (Å²) in [7, 11) is 0. The number of nitrogens with one attached hydrogen (secondary N) is 1. The maximum absolute atomic E-state index is 12.5. The highest BCUT2D eigenvalue weighted by molar-refractivity contribution is 5.67. The van der Waals surface area contributed by atoms with Crippen molar-refractivity contribution in [1.82, 2.24) is 14.9 Å². The van der Waals surface area contributed by atoms with Gasteiger partial charge in [-0.1, -0.05) is 30.3 Å². The van der Waals surface area contributed by atoms with E-state index in [1.54, 1.807) is 18.5 Å². The largest absolute Gasteiger partial charge is 0.489 e. The van der Waals surface area contributed by atoms with Gasteiger partial charge >= 0.3 is 6.09 Å². The van der Waals surface area contributed by atoms with E-state index in [-0.39, 0.29) is 5.56 Å². The molecule has 1 fully saturated rings. The Hall–Kier alpha value is -3.81. The van der Waals surface area contributed by atoms with Crippen LogP contribution in [-0.2, 0) is 6.61 Å². The van der Waals surface area contributed by atoms with Crippen LogP contribution in [0, 0.1) is 0 Å². The van der Waals surface area contributed by atoms with Crippen LogP contribution in [0.5, 0.6) is 5.75 Å². The van der Waals surface area contributed by atoms with Crippen molar-refractivity contribution in [2.75, 3.05) is 18.0 Å². The topological polar surface area (TPSA) is 96.7 Å². The highest BCUT2D eigenvalue weighted by atomic mass is 16.5. The third-order valence-electron chi connectivity index (χ3n) is 4.96. The van der Waals surface area contributed by atoms with Crippen LogP contribution in [0.1, 0.15) is 12.5 Å². The maximum atomic E-state index is 12.5. The first kappa shape index (κ1) is 19.5. The number of carboxylic acid groups (broad SMARTS) is 1. The molecule has 3 aromatic rings. The van der Waals surface area contributed by atoms with E-state index in [4.69, 9.17) is 9.84 Å². The fourth-order valence-corrected chi connectivity index (χ4v) is 3.51. The Kier molecular flexibility index (Phi) is 5.14. The van der Waals surface area contributed by atoms with Gasteiger partial charge in [-0.25, -0.2) is 9.78 Å². The van der Waals surface area contributed by atoms with Gasteiger partial charge in [0, 0.05) is 25.4 Å². The van der Waals surface area contributed by atoms with Crippen molar-refractivity contribution in [1.29, 1.82) is 0 Å². The Morgan fingerprint density at radius 2 is 1.97 bits per heavy atom. The summed E-state index contributed by atoms with van der Waals surface area (Å²) in [5.41, 5.74) is 0.989. The summed E-state index contributed by atoms with van der Waals surface area (Å²) in [4.78, 5) is 29.7. The van der Waals surface area contributed by atoms with E-state index in [9.17, 15) is 9.59 Å². The van der Waals surface area contributed by atoms with Crippen LogP contribution in [0.4, 0.5) is 10.6 Å². The minimum atomic E-state index is -1.03. The van der Waals surface area contributed by atoms with Crippen LogP contribution >= 0.6 is 0 Å². The van der Waals surface area contributed by atoms with Crippen molar-refractivity contribution in [3.05, 3.63) is 82.9 Å². The van der Waals surface area contributed by atoms with Gasteiger partial charge in [0.05, 0.1) is 17.4 Å². The molecule has 0 atom stereocenters. The molecule has 154 valence electrons. The third kappa shape index (κ3) is 4.27. The van der Waals surface area contributed by atoms with Crippen molar-refractivity contribution in [2.24, 2.45) is 0 Å². The molecule has 8 nitrogen and oxygen atoms in total. The molecular formula is C22H22N4O4. The van der Waals surface area contributed by atoms with Gasteiger partial charge in [0.15, 0.2) is 0 Å². The SMILES string of the molecule is CC1(NC(=O)O)CN(c2ccc(-n3ccc(OCc4ccccc4)cc3=O)cn2)C1. The van der Waals surface area contributed by atoms with Gasteiger partial charge < -0.3 is 20.1 Å². The molecule has 1 aliphatic rings. The molecule has 2 N–H and O–H groups in total. The van der Waals surface area contributed by atoms with Gasteiger partial charge in [0.25, 0.3) is 5.56 Å². The van der Waals surface area contributed by atoms with Gasteiger partial charge in [0.1, 0.15) is 18.2 Å². The molecule has 0 unspecified atom stereocenters. The number of carbonyl (C=O) groups is 1. The molecule has 1 amide bonds. The molecule has 3 heterocycles. The maximum Gasteiger partial charge on any atom is 0.405 e. The number of hydrogen-bond acceptors (Lipinski definition) is 5. The lowest BCUT2D eigenvalue weighted by Crippen LogP contribution is -2.68. The number of anilines is 1. The summed E-state index contributed by atoms with van der Waals surface area (Å²) in [6, 6.07) is 16.6. The zero-order valence-corrected chi connectivity index (χ0v) is 16.5. The molecule has 1 aromatic carbocycles. The smallest absolute Gasteiger partial charge is 0.405 e. The second-order valence-electron chi connectivity index (χ2n) is 7.57. The molecule has 30 heavy (non-hydrogen) atoms. The van der Waals surface area contributed by atoms with E-state index < -0.39 is 11.6 Å². The van der Waals surface area contributed by atoms with Crippen molar-refractivity contribution in [3.8, 4) is 11.4 Å². The van der Waals surface area contributed by atoms with E-state index in [0.29, 0.717) is 31.1 Å². The zero-order valence-electron chi connectivity index (χ0n) is 16.5. The van der Waals surface area contributed by atoms with Crippen molar-refractivity contribution in [3.63, 3.8) is 0 Å². The van der Waals surface area contributed by atoms with E-state index in [1.165, 1.54) is 10.6 Å². The Balaban J connectivity index is 1.41. The standard InChI is InChI=1S/C22H22N4O4/c1-22(24-21(28)29)14-25(15-22)19-8-7-17(12-23-19)26-10-9-18(11-20(26)27)30-13-16-5-3-2-4-6-16/h2-12,24H,13-15H2,1H3,(H,28,29). The third-order valence-corrected chi connectivity index (χ3v) is 4.96. The number of amides is 1. The second kappa shape index (κ2) is 7.90. The molecule has 1 saturated heterocycles. The average Bonchev–Trinajstić information content (AvgIpc) is 2.71. The molecular weight excluding hydrogens is 384 g/mol. The number of benzene rings is 1. The van der Waals surface area contributed by atoms with Crippen LogP contribution in [0.2, 0.25) is 0 Å². The van der Waals surface area contributed by atoms with Gasteiger partial charge in [-0.15, -0.1) is 0 Å². The first-order chi connectivity index (χ1) is 14.4. The molecule has 0 bridgehead atoms. The Morgan fingerprint density at radius 3 is 2.60 bits per heavy atom. The van der Waals surface area contributed by atoms with Crippen molar-refractivity contribution >= 4 is 11.9 Å². The Morgan fingerprint density at radius 1 is 1.20 bits per heavy atom. The minimum absolute atomic E-state index is 0.211. The summed E-state index contributed by atoms with van der Waals surface area (Å²) in [6.45, 7) is 3.33. The molecule has 0 radical (unpaired) electrons. The van der Waals surface area contributed by atoms with Gasteiger partial charge in [0.2, 0.25) is 0 Å². The van der Waals surface area contributed by atoms with Crippen molar-refractivity contribution < 1.29 is 14.6 Å². The second-order valence-corrected chi connectivity index (χ2v) is 7.57. The monoisotopic (exact) mass is 406 g/mol.